The Balaban J connectivity index is 2.07. The SMILES string of the molecule is CC(C)C1Nc2cc3c(cc2N(CC#N)C1=O)OCCO3. The maximum Gasteiger partial charge on any atom is 0.250 e. The Morgan fingerprint density at radius 3 is 2.67 bits per heavy atom. The van der Waals surface area contributed by atoms with Crippen molar-refractivity contribution in [3.63, 3.8) is 0 Å². The number of carbonyl (C=O) groups excluding carboxylic acids is 1. The third-order valence-corrected chi connectivity index (χ3v) is 3.69. The van der Waals surface area contributed by atoms with Crippen molar-refractivity contribution in [1.82, 2.24) is 0 Å². The molecule has 2 heterocycles. The standard InChI is InChI=1S/C15H17N3O3/c1-9(2)14-15(19)18(4-3-16)11-8-13-12(7-10(11)17-14)20-5-6-21-13/h7-9,14,17H,4-6H2,1-2H3. The molecule has 1 unspecified atom stereocenters. The van der Waals surface area contributed by atoms with Crippen LogP contribution in [0.3, 0.4) is 0 Å². The highest BCUT2D eigenvalue weighted by Gasteiger charge is 2.35. The van der Waals surface area contributed by atoms with Crippen molar-refractivity contribution in [2.45, 2.75) is 19.9 Å². The van der Waals surface area contributed by atoms with Gasteiger partial charge in [-0.2, -0.15) is 5.26 Å². The summed E-state index contributed by atoms with van der Waals surface area (Å²) in [6.45, 7) is 4.98. The number of carbonyl (C=O) groups is 1. The number of nitrogens with one attached hydrogen (secondary N) is 1. The average molecular weight is 287 g/mol. The van der Waals surface area contributed by atoms with E-state index in [9.17, 15) is 4.79 Å². The molecule has 0 saturated heterocycles. The minimum Gasteiger partial charge on any atom is -0.486 e. The normalized spacial score (nSPS) is 19.8. The first-order valence-corrected chi connectivity index (χ1v) is 7.00. The van der Waals surface area contributed by atoms with Crippen molar-refractivity contribution in [2.75, 3.05) is 30.0 Å². The second kappa shape index (κ2) is 5.17. The molecule has 3 rings (SSSR count). The summed E-state index contributed by atoms with van der Waals surface area (Å²) in [7, 11) is 0. The van der Waals surface area contributed by atoms with Gasteiger partial charge in [0.2, 0.25) is 0 Å². The molecule has 0 saturated carbocycles. The molecule has 110 valence electrons. The average Bonchev–Trinajstić information content (AvgIpc) is 2.48. The van der Waals surface area contributed by atoms with E-state index in [1.165, 1.54) is 4.90 Å². The van der Waals surface area contributed by atoms with Crippen molar-refractivity contribution in [3.8, 4) is 17.6 Å². The maximum atomic E-state index is 12.5. The van der Waals surface area contributed by atoms with Crippen LogP contribution in [0.25, 0.3) is 0 Å². The molecule has 1 N–H and O–H groups in total. The van der Waals surface area contributed by atoms with Crippen LogP contribution in [0, 0.1) is 17.2 Å². The fourth-order valence-corrected chi connectivity index (χ4v) is 2.62. The van der Waals surface area contributed by atoms with Gasteiger partial charge in [-0.15, -0.1) is 0 Å². The molecule has 0 fully saturated rings. The smallest absolute Gasteiger partial charge is 0.250 e. The number of nitrogens with zero attached hydrogens (tertiary/aromatic N) is 2. The van der Waals surface area contributed by atoms with Gasteiger partial charge in [-0.3, -0.25) is 9.69 Å². The molecule has 21 heavy (non-hydrogen) atoms. The third kappa shape index (κ3) is 2.25. The van der Waals surface area contributed by atoms with Gasteiger partial charge in [0.15, 0.2) is 11.5 Å². The van der Waals surface area contributed by atoms with Crippen LogP contribution in [-0.4, -0.2) is 31.7 Å². The van der Waals surface area contributed by atoms with Crippen molar-refractivity contribution >= 4 is 17.3 Å². The first kappa shape index (κ1) is 13.6. The minimum atomic E-state index is -0.339. The Morgan fingerprint density at radius 1 is 1.38 bits per heavy atom. The van der Waals surface area contributed by atoms with Crippen molar-refractivity contribution in [1.29, 1.82) is 5.26 Å². The van der Waals surface area contributed by atoms with E-state index in [-0.39, 0.29) is 24.4 Å². The lowest BCUT2D eigenvalue weighted by Gasteiger charge is -2.36. The Bertz CT molecular complexity index is 621. The van der Waals surface area contributed by atoms with E-state index in [1.54, 1.807) is 6.07 Å². The van der Waals surface area contributed by atoms with E-state index in [1.807, 2.05) is 19.9 Å². The number of rotatable bonds is 2. The lowest BCUT2D eigenvalue weighted by molar-refractivity contribution is -0.120. The van der Waals surface area contributed by atoms with Gasteiger partial charge in [0, 0.05) is 12.1 Å². The molecule has 1 atom stereocenters. The van der Waals surface area contributed by atoms with Gasteiger partial charge in [0.25, 0.3) is 5.91 Å². The lowest BCUT2D eigenvalue weighted by atomic mass is 9.98. The molecule has 0 aliphatic carbocycles. The van der Waals surface area contributed by atoms with Crippen molar-refractivity contribution in [3.05, 3.63) is 12.1 Å². The number of ether oxygens (including phenoxy) is 2. The number of benzene rings is 1. The molecule has 0 aromatic heterocycles. The molecule has 2 aliphatic rings. The van der Waals surface area contributed by atoms with Crippen LogP contribution in [0.2, 0.25) is 0 Å². The number of hydrogen-bond donors (Lipinski definition) is 1. The Labute approximate surface area is 123 Å². The predicted octanol–water partition coefficient (Wildman–Crippen LogP) is 1.76. The topological polar surface area (TPSA) is 74.6 Å². The molecule has 2 aliphatic heterocycles. The molecule has 6 heteroatoms. The van der Waals surface area contributed by atoms with Gasteiger partial charge in [0.1, 0.15) is 25.8 Å². The monoisotopic (exact) mass is 287 g/mol. The Kier molecular flexibility index (Phi) is 3.34. The molecule has 6 nitrogen and oxygen atoms in total. The van der Waals surface area contributed by atoms with Gasteiger partial charge in [-0.25, -0.2) is 0 Å². The van der Waals surface area contributed by atoms with Gasteiger partial charge in [-0.05, 0) is 5.92 Å². The summed E-state index contributed by atoms with van der Waals surface area (Å²) in [5.74, 6) is 1.32. The quantitative estimate of drug-likeness (QED) is 0.839. The fraction of sp³-hybridized carbons (Fsp3) is 0.467. The van der Waals surface area contributed by atoms with Crippen LogP contribution in [-0.2, 0) is 4.79 Å². The zero-order valence-electron chi connectivity index (χ0n) is 12.0. The largest absolute Gasteiger partial charge is 0.486 e. The molecule has 0 radical (unpaired) electrons. The second-order valence-electron chi connectivity index (χ2n) is 5.46. The minimum absolute atomic E-state index is 0.0242. The van der Waals surface area contributed by atoms with Crippen LogP contribution in [0.5, 0.6) is 11.5 Å². The lowest BCUT2D eigenvalue weighted by Crippen LogP contribution is -2.49. The maximum absolute atomic E-state index is 12.5. The van der Waals surface area contributed by atoms with Crippen LogP contribution in [0.1, 0.15) is 13.8 Å². The Hall–Kier alpha value is -2.42. The molecule has 1 amide bonds. The summed E-state index contributed by atoms with van der Waals surface area (Å²) in [6.07, 6.45) is 0. The number of amides is 1. The zero-order valence-corrected chi connectivity index (χ0v) is 12.0. The van der Waals surface area contributed by atoms with Crippen LogP contribution in [0.15, 0.2) is 12.1 Å². The molecule has 0 spiro atoms. The van der Waals surface area contributed by atoms with Crippen LogP contribution < -0.4 is 19.7 Å². The van der Waals surface area contributed by atoms with Crippen molar-refractivity contribution in [2.24, 2.45) is 5.92 Å². The van der Waals surface area contributed by atoms with E-state index in [4.69, 9.17) is 14.7 Å². The Morgan fingerprint density at radius 2 is 2.05 bits per heavy atom. The second-order valence-corrected chi connectivity index (χ2v) is 5.46. The van der Waals surface area contributed by atoms with Crippen LogP contribution in [0.4, 0.5) is 11.4 Å². The highest BCUT2D eigenvalue weighted by Crippen LogP contribution is 2.42. The van der Waals surface area contributed by atoms with Crippen LogP contribution >= 0.6 is 0 Å². The number of hydrogen-bond acceptors (Lipinski definition) is 5. The third-order valence-electron chi connectivity index (χ3n) is 3.69. The van der Waals surface area contributed by atoms with Gasteiger partial charge < -0.3 is 14.8 Å². The summed E-state index contributed by atoms with van der Waals surface area (Å²) >= 11 is 0. The van der Waals surface area contributed by atoms with Gasteiger partial charge in [0.05, 0.1) is 17.4 Å². The van der Waals surface area contributed by atoms with E-state index < -0.39 is 0 Å². The van der Waals surface area contributed by atoms with E-state index >= 15 is 0 Å². The predicted molar refractivity (Wildman–Crippen MR) is 77.6 cm³/mol. The number of anilines is 2. The first-order valence-electron chi connectivity index (χ1n) is 7.00. The molecular weight excluding hydrogens is 270 g/mol. The van der Waals surface area contributed by atoms with E-state index in [0.29, 0.717) is 30.4 Å². The summed E-state index contributed by atoms with van der Waals surface area (Å²) in [5, 5.41) is 12.3. The molecule has 0 bridgehead atoms. The summed E-state index contributed by atoms with van der Waals surface area (Å²) in [4.78, 5) is 14.0. The number of nitriles is 1. The number of fused-ring (bicyclic) bond motifs is 2. The van der Waals surface area contributed by atoms with E-state index in [2.05, 4.69) is 11.4 Å². The first-order chi connectivity index (χ1) is 10.1. The summed E-state index contributed by atoms with van der Waals surface area (Å²) < 4.78 is 11.1. The van der Waals surface area contributed by atoms with E-state index in [0.717, 1.165) is 5.69 Å². The molecule has 1 aromatic carbocycles. The summed E-state index contributed by atoms with van der Waals surface area (Å²) in [5.41, 5.74) is 1.47. The zero-order chi connectivity index (χ0) is 15.0. The highest BCUT2D eigenvalue weighted by molar-refractivity contribution is 6.06. The molecular formula is C15H17N3O3. The fourth-order valence-electron chi connectivity index (χ4n) is 2.62. The van der Waals surface area contributed by atoms with Crippen molar-refractivity contribution < 1.29 is 14.3 Å². The molecule has 1 aromatic rings. The van der Waals surface area contributed by atoms with Gasteiger partial charge >= 0.3 is 0 Å². The summed E-state index contributed by atoms with van der Waals surface area (Å²) in [6, 6.07) is 5.32. The van der Waals surface area contributed by atoms with Gasteiger partial charge in [-0.1, -0.05) is 13.8 Å². The highest BCUT2D eigenvalue weighted by atomic mass is 16.6.